The number of carbonyl (C=O) groups is 1. The van der Waals surface area contributed by atoms with E-state index in [0.29, 0.717) is 19.5 Å². The fourth-order valence-electron chi connectivity index (χ4n) is 5.57. The zero-order valence-electron chi connectivity index (χ0n) is 24.0. The molecular formula is C30H41F2N7O2. The molecule has 41 heavy (non-hydrogen) atoms. The Labute approximate surface area is 240 Å². The molecule has 9 nitrogen and oxygen atoms in total. The number of anilines is 2. The van der Waals surface area contributed by atoms with E-state index in [9.17, 15) is 9.18 Å². The molecular weight excluding hydrogens is 528 g/mol. The third kappa shape index (κ3) is 7.71. The van der Waals surface area contributed by atoms with Crippen LogP contribution in [0.1, 0.15) is 50.2 Å². The number of aromatic nitrogens is 2. The van der Waals surface area contributed by atoms with Crippen LogP contribution < -0.4 is 20.6 Å². The van der Waals surface area contributed by atoms with Crippen molar-refractivity contribution in [1.82, 2.24) is 25.7 Å². The summed E-state index contributed by atoms with van der Waals surface area (Å²) in [6, 6.07) is 2.46. The van der Waals surface area contributed by atoms with Crippen LogP contribution in [0.25, 0.3) is 0 Å². The van der Waals surface area contributed by atoms with Crippen LogP contribution in [-0.4, -0.2) is 79.2 Å². The lowest BCUT2D eigenvalue weighted by Crippen LogP contribution is -2.43. The molecule has 1 aromatic carbocycles. The van der Waals surface area contributed by atoms with E-state index in [1.807, 2.05) is 18.5 Å². The molecule has 2 aromatic rings. The number of benzene rings is 1. The first kappa shape index (κ1) is 29.2. The molecule has 0 aliphatic carbocycles. The Morgan fingerprint density at radius 1 is 1.00 bits per heavy atom. The van der Waals surface area contributed by atoms with Crippen molar-refractivity contribution in [3.63, 3.8) is 0 Å². The molecule has 1 aromatic heterocycles. The Morgan fingerprint density at radius 2 is 1.73 bits per heavy atom. The molecule has 0 radical (unpaired) electrons. The van der Waals surface area contributed by atoms with Gasteiger partial charge in [0.1, 0.15) is 11.6 Å². The molecule has 0 spiro atoms. The third-order valence-corrected chi connectivity index (χ3v) is 8.28. The van der Waals surface area contributed by atoms with Gasteiger partial charge in [-0.2, -0.15) is 0 Å². The summed E-state index contributed by atoms with van der Waals surface area (Å²) in [6.45, 7) is 6.53. The van der Waals surface area contributed by atoms with Gasteiger partial charge in [0.15, 0.2) is 0 Å². The van der Waals surface area contributed by atoms with E-state index < -0.39 is 11.6 Å². The lowest BCUT2D eigenvalue weighted by molar-refractivity contribution is -0.121. The quantitative estimate of drug-likeness (QED) is 0.445. The summed E-state index contributed by atoms with van der Waals surface area (Å²) in [5.41, 5.74) is 5.45. The summed E-state index contributed by atoms with van der Waals surface area (Å²) in [6.07, 6.45) is 10.6. The van der Waals surface area contributed by atoms with Gasteiger partial charge in [-0.25, -0.2) is 18.7 Å². The summed E-state index contributed by atoms with van der Waals surface area (Å²) in [5.74, 6) is -0.591. The van der Waals surface area contributed by atoms with Crippen LogP contribution in [0.15, 0.2) is 36.3 Å². The van der Waals surface area contributed by atoms with Gasteiger partial charge in [-0.05, 0) is 69.9 Å². The minimum atomic E-state index is -0.561. The van der Waals surface area contributed by atoms with Crippen LogP contribution >= 0.6 is 0 Å². The fraction of sp³-hybridized carbons (Fsp3) is 0.567. The van der Waals surface area contributed by atoms with Crippen LogP contribution in [-0.2, 0) is 22.5 Å². The van der Waals surface area contributed by atoms with Crippen molar-refractivity contribution in [2.24, 2.45) is 0 Å². The average Bonchev–Trinajstić information content (AvgIpc) is 2.99. The summed E-state index contributed by atoms with van der Waals surface area (Å²) >= 11 is 0. The number of nitrogens with one attached hydrogen (secondary N) is 2. The second-order valence-electron chi connectivity index (χ2n) is 11.3. The number of likely N-dealkylation sites (tertiary alicyclic amines) is 1. The van der Waals surface area contributed by atoms with Crippen LogP contribution in [0.4, 0.5) is 20.4 Å². The third-order valence-electron chi connectivity index (χ3n) is 8.28. The van der Waals surface area contributed by atoms with Gasteiger partial charge in [-0.3, -0.25) is 15.1 Å². The SMILES string of the molecule is CCc1cnc(N2CCC(ONC3=CCN(c4cc(F)c(CC(=O)NC5CCN(C)CC5)cc4F)CC3)CC2)nc1. The molecule has 0 saturated carbocycles. The van der Waals surface area contributed by atoms with Crippen LogP contribution in [0.2, 0.25) is 0 Å². The van der Waals surface area contributed by atoms with E-state index >= 15 is 4.39 Å². The summed E-state index contributed by atoms with van der Waals surface area (Å²) < 4.78 is 29.9. The van der Waals surface area contributed by atoms with Gasteiger partial charge in [-0.15, -0.1) is 0 Å². The van der Waals surface area contributed by atoms with E-state index in [1.54, 1.807) is 4.90 Å². The van der Waals surface area contributed by atoms with Gasteiger partial charge >= 0.3 is 0 Å². The predicted molar refractivity (Wildman–Crippen MR) is 155 cm³/mol. The van der Waals surface area contributed by atoms with Gasteiger partial charge in [-0.1, -0.05) is 6.92 Å². The van der Waals surface area contributed by atoms with Crippen molar-refractivity contribution in [3.8, 4) is 0 Å². The zero-order chi connectivity index (χ0) is 28.8. The average molecular weight is 570 g/mol. The maximum atomic E-state index is 15.0. The number of hydroxylamine groups is 1. The first-order valence-electron chi connectivity index (χ1n) is 14.7. The van der Waals surface area contributed by atoms with Crippen LogP contribution in [0.5, 0.6) is 0 Å². The van der Waals surface area contributed by atoms with Gasteiger partial charge in [0.05, 0.1) is 18.2 Å². The standard InChI is InChI=1S/C30H41F2N7O2/c1-3-21-19-33-30(34-20-21)39-14-8-25(9-15-39)41-36-24-6-12-38(13-7-24)28-18-26(31)22(16-27(28)32)17-29(40)35-23-4-10-37(2)11-5-23/h6,16,18-20,23,25,36H,3-5,7-15,17H2,1-2H3,(H,35,40). The first-order chi connectivity index (χ1) is 19.9. The maximum absolute atomic E-state index is 15.0. The first-order valence-corrected chi connectivity index (χ1v) is 14.7. The van der Waals surface area contributed by atoms with E-state index in [-0.39, 0.29) is 35.7 Å². The van der Waals surface area contributed by atoms with Gasteiger partial charge < -0.3 is 20.0 Å². The van der Waals surface area contributed by atoms with Crippen molar-refractivity contribution in [1.29, 1.82) is 0 Å². The maximum Gasteiger partial charge on any atom is 0.225 e. The smallest absolute Gasteiger partial charge is 0.225 e. The fourth-order valence-corrected chi connectivity index (χ4v) is 5.57. The van der Waals surface area contributed by atoms with Crippen molar-refractivity contribution in [2.75, 3.05) is 56.1 Å². The second-order valence-corrected chi connectivity index (χ2v) is 11.3. The summed E-state index contributed by atoms with van der Waals surface area (Å²) in [4.78, 5) is 33.6. The highest BCUT2D eigenvalue weighted by atomic mass is 19.1. The Bertz CT molecular complexity index is 1210. The molecule has 2 saturated heterocycles. The summed E-state index contributed by atoms with van der Waals surface area (Å²) in [5, 5.41) is 2.97. The Hall–Kier alpha value is -3.31. The number of piperidine rings is 2. The highest BCUT2D eigenvalue weighted by Gasteiger charge is 2.24. The Morgan fingerprint density at radius 3 is 2.39 bits per heavy atom. The predicted octanol–water partition coefficient (Wildman–Crippen LogP) is 3.35. The second kappa shape index (κ2) is 13.6. The molecule has 5 rings (SSSR count). The Kier molecular flexibility index (Phi) is 9.66. The minimum Gasteiger partial charge on any atom is -0.365 e. The molecule has 2 N–H and O–H groups in total. The molecule has 0 unspecified atom stereocenters. The van der Waals surface area contributed by atoms with Gasteiger partial charge in [0.2, 0.25) is 11.9 Å². The van der Waals surface area contributed by atoms with Crippen molar-refractivity contribution < 1.29 is 18.4 Å². The number of aryl methyl sites for hydroxylation is 1. The normalized spacial score (nSPS) is 19.3. The topological polar surface area (TPSA) is 85.9 Å². The molecule has 1 amide bonds. The van der Waals surface area contributed by atoms with Crippen LogP contribution in [0, 0.1) is 11.6 Å². The van der Waals surface area contributed by atoms with Crippen molar-refractivity contribution in [3.05, 3.63) is 59.1 Å². The lowest BCUT2D eigenvalue weighted by atomic mass is 10.0. The Balaban J connectivity index is 1.07. The van der Waals surface area contributed by atoms with Gasteiger partial charge in [0, 0.05) is 68.4 Å². The molecule has 0 atom stereocenters. The van der Waals surface area contributed by atoms with E-state index in [1.165, 1.54) is 6.07 Å². The van der Waals surface area contributed by atoms with E-state index in [2.05, 4.69) is 44.5 Å². The highest BCUT2D eigenvalue weighted by Crippen LogP contribution is 2.26. The summed E-state index contributed by atoms with van der Waals surface area (Å²) in [7, 11) is 2.05. The zero-order valence-corrected chi connectivity index (χ0v) is 24.0. The number of halogens is 2. The molecule has 4 heterocycles. The number of rotatable bonds is 9. The van der Waals surface area contributed by atoms with E-state index in [4.69, 9.17) is 4.84 Å². The molecule has 222 valence electrons. The van der Waals surface area contributed by atoms with Gasteiger partial charge in [0.25, 0.3) is 0 Å². The number of hydrogen-bond donors (Lipinski definition) is 2. The van der Waals surface area contributed by atoms with Crippen molar-refractivity contribution in [2.45, 2.75) is 64.0 Å². The number of nitrogens with zero attached hydrogens (tertiary/aromatic N) is 5. The number of carbonyl (C=O) groups excluding carboxylic acids is 1. The monoisotopic (exact) mass is 569 g/mol. The highest BCUT2D eigenvalue weighted by molar-refractivity contribution is 5.79. The minimum absolute atomic E-state index is 0.0792. The molecule has 3 aliphatic heterocycles. The van der Waals surface area contributed by atoms with E-state index in [0.717, 1.165) is 81.6 Å². The largest absolute Gasteiger partial charge is 0.365 e. The molecule has 3 aliphatic rings. The number of amides is 1. The van der Waals surface area contributed by atoms with Crippen molar-refractivity contribution >= 4 is 17.5 Å². The number of hydrogen-bond acceptors (Lipinski definition) is 8. The molecule has 0 bridgehead atoms. The van der Waals surface area contributed by atoms with Crippen LogP contribution in [0.3, 0.4) is 0 Å². The molecule has 11 heteroatoms. The molecule has 2 fully saturated rings. The lowest BCUT2D eigenvalue weighted by Gasteiger charge is -2.33.